The molecular weight excluding hydrogens is 120 g/mol. The lowest BCUT2D eigenvalue weighted by atomic mass is 9.92. The summed E-state index contributed by atoms with van der Waals surface area (Å²) in [5, 5.41) is 0. The highest BCUT2D eigenvalue weighted by Crippen LogP contribution is 2.50. The maximum absolute atomic E-state index is 2.34. The van der Waals surface area contributed by atoms with Crippen molar-refractivity contribution in [2.45, 2.75) is 39.5 Å². The minimum Gasteiger partial charge on any atom is -0.0681 e. The predicted octanol–water partition coefficient (Wildman–Crippen LogP) is 3.14. The Morgan fingerprint density at radius 1 is 1.40 bits per heavy atom. The highest BCUT2D eigenvalue weighted by atomic mass is 14.4. The van der Waals surface area contributed by atoms with Crippen molar-refractivity contribution in [1.82, 2.24) is 0 Å². The maximum atomic E-state index is 2.34. The summed E-state index contributed by atoms with van der Waals surface area (Å²) in [5.41, 5.74) is 3.64. The van der Waals surface area contributed by atoms with Crippen LogP contribution in [0.5, 0.6) is 0 Å². The zero-order valence-electron chi connectivity index (χ0n) is 6.98. The van der Waals surface area contributed by atoms with Gasteiger partial charge in [0.2, 0.25) is 0 Å². The first-order valence-corrected chi connectivity index (χ1v) is 4.51. The maximum Gasteiger partial charge on any atom is -0.0163 e. The lowest BCUT2D eigenvalue weighted by molar-refractivity contribution is 0.599. The summed E-state index contributed by atoms with van der Waals surface area (Å²) in [6, 6.07) is 0. The fourth-order valence-corrected chi connectivity index (χ4v) is 2.24. The Labute approximate surface area is 63.3 Å². The monoisotopic (exact) mass is 136 g/mol. The van der Waals surface area contributed by atoms with E-state index in [1.54, 1.807) is 5.57 Å². The summed E-state index contributed by atoms with van der Waals surface area (Å²) in [6.45, 7) is 4.67. The van der Waals surface area contributed by atoms with E-state index < -0.39 is 0 Å². The molecule has 2 aliphatic carbocycles. The quantitative estimate of drug-likeness (QED) is 0.486. The second kappa shape index (κ2) is 2.11. The smallest absolute Gasteiger partial charge is 0.0163 e. The van der Waals surface area contributed by atoms with E-state index in [9.17, 15) is 0 Å². The number of rotatable bonds is 1. The molecule has 0 heteroatoms. The summed E-state index contributed by atoms with van der Waals surface area (Å²) in [5.74, 6) is 1.88. The molecule has 2 aliphatic rings. The minimum absolute atomic E-state index is 0.834. The highest BCUT2D eigenvalue weighted by Gasteiger charge is 2.35. The van der Waals surface area contributed by atoms with Crippen molar-refractivity contribution in [1.29, 1.82) is 0 Å². The second-order valence-electron chi connectivity index (χ2n) is 4.00. The topological polar surface area (TPSA) is 0 Å². The highest BCUT2D eigenvalue weighted by molar-refractivity contribution is 5.33. The van der Waals surface area contributed by atoms with Gasteiger partial charge in [0.15, 0.2) is 0 Å². The van der Waals surface area contributed by atoms with Gasteiger partial charge in [-0.15, -0.1) is 0 Å². The molecule has 2 rings (SSSR count). The molecule has 0 amide bonds. The molecule has 1 fully saturated rings. The molecule has 1 unspecified atom stereocenters. The van der Waals surface area contributed by atoms with Gasteiger partial charge >= 0.3 is 0 Å². The standard InChI is InChI=1S/C10H16/c1-7(2)9-5-3-4-8-6-10(8)9/h7-8H,3-6H2,1-2H3. The van der Waals surface area contributed by atoms with E-state index in [-0.39, 0.29) is 0 Å². The van der Waals surface area contributed by atoms with Crippen LogP contribution in [0.2, 0.25) is 0 Å². The Balaban J connectivity index is 2.19. The van der Waals surface area contributed by atoms with Crippen LogP contribution < -0.4 is 0 Å². The van der Waals surface area contributed by atoms with Gasteiger partial charge in [0, 0.05) is 0 Å². The summed E-state index contributed by atoms with van der Waals surface area (Å²) >= 11 is 0. The molecule has 56 valence electrons. The Kier molecular flexibility index (Phi) is 1.36. The molecule has 1 saturated carbocycles. The fraction of sp³-hybridized carbons (Fsp3) is 0.800. The van der Waals surface area contributed by atoms with Crippen LogP contribution in [-0.4, -0.2) is 0 Å². The van der Waals surface area contributed by atoms with Crippen LogP contribution in [0.4, 0.5) is 0 Å². The average Bonchev–Trinajstić information content (AvgIpc) is 2.63. The van der Waals surface area contributed by atoms with E-state index in [0.29, 0.717) is 0 Å². The average molecular weight is 136 g/mol. The lowest BCUT2D eigenvalue weighted by Crippen LogP contribution is -1.99. The van der Waals surface area contributed by atoms with Gasteiger partial charge < -0.3 is 0 Å². The molecule has 0 spiro atoms. The normalized spacial score (nSPS) is 30.9. The van der Waals surface area contributed by atoms with E-state index in [0.717, 1.165) is 11.8 Å². The molecule has 1 atom stereocenters. The van der Waals surface area contributed by atoms with Crippen molar-refractivity contribution < 1.29 is 0 Å². The first-order chi connectivity index (χ1) is 4.79. The third-order valence-electron chi connectivity index (χ3n) is 2.91. The molecule has 0 aromatic carbocycles. The number of allylic oxidation sites excluding steroid dienone is 2. The summed E-state index contributed by atoms with van der Waals surface area (Å²) < 4.78 is 0. The Bertz CT molecular complexity index is 174. The van der Waals surface area contributed by atoms with Crippen LogP contribution >= 0.6 is 0 Å². The predicted molar refractivity (Wildman–Crippen MR) is 43.8 cm³/mol. The van der Waals surface area contributed by atoms with Crippen molar-refractivity contribution in [2.24, 2.45) is 11.8 Å². The second-order valence-corrected chi connectivity index (χ2v) is 4.00. The lowest BCUT2D eigenvalue weighted by Gasteiger charge is -2.14. The van der Waals surface area contributed by atoms with E-state index in [1.807, 2.05) is 5.57 Å². The van der Waals surface area contributed by atoms with E-state index in [1.165, 1.54) is 25.7 Å². The van der Waals surface area contributed by atoms with Gasteiger partial charge in [-0.05, 0) is 37.5 Å². The summed E-state index contributed by atoms with van der Waals surface area (Å²) in [4.78, 5) is 0. The fourth-order valence-electron chi connectivity index (χ4n) is 2.24. The van der Waals surface area contributed by atoms with Crippen LogP contribution in [0.1, 0.15) is 39.5 Å². The van der Waals surface area contributed by atoms with Crippen molar-refractivity contribution in [3.05, 3.63) is 11.1 Å². The van der Waals surface area contributed by atoms with Crippen molar-refractivity contribution in [2.75, 3.05) is 0 Å². The first kappa shape index (κ1) is 6.45. The zero-order valence-corrected chi connectivity index (χ0v) is 6.98. The van der Waals surface area contributed by atoms with E-state index in [2.05, 4.69) is 13.8 Å². The Morgan fingerprint density at radius 2 is 2.20 bits per heavy atom. The van der Waals surface area contributed by atoms with Gasteiger partial charge in [-0.25, -0.2) is 0 Å². The molecule has 0 N–H and O–H groups in total. The first-order valence-electron chi connectivity index (χ1n) is 4.51. The van der Waals surface area contributed by atoms with Crippen LogP contribution in [0.15, 0.2) is 11.1 Å². The van der Waals surface area contributed by atoms with Gasteiger partial charge in [0.25, 0.3) is 0 Å². The van der Waals surface area contributed by atoms with Gasteiger partial charge in [-0.3, -0.25) is 0 Å². The van der Waals surface area contributed by atoms with Crippen LogP contribution in [0.25, 0.3) is 0 Å². The van der Waals surface area contributed by atoms with Crippen LogP contribution in [-0.2, 0) is 0 Å². The summed E-state index contributed by atoms with van der Waals surface area (Å²) in [7, 11) is 0. The van der Waals surface area contributed by atoms with Gasteiger partial charge in [-0.1, -0.05) is 25.0 Å². The zero-order chi connectivity index (χ0) is 7.14. The third kappa shape index (κ3) is 0.902. The Hall–Kier alpha value is -0.260. The third-order valence-corrected chi connectivity index (χ3v) is 2.91. The SMILES string of the molecule is CC(C)C1=C2CC2CCC1. The van der Waals surface area contributed by atoms with E-state index >= 15 is 0 Å². The molecule has 0 saturated heterocycles. The molecule has 0 radical (unpaired) electrons. The molecule has 0 nitrogen and oxygen atoms in total. The number of hydrogen-bond acceptors (Lipinski definition) is 0. The molecular formula is C10H16. The molecule has 10 heavy (non-hydrogen) atoms. The van der Waals surface area contributed by atoms with Gasteiger partial charge in [0.05, 0.1) is 0 Å². The van der Waals surface area contributed by atoms with Crippen LogP contribution in [0.3, 0.4) is 0 Å². The van der Waals surface area contributed by atoms with Crippen molar-refractivity contribution in [3.8, 4) is 0 Å². The van der Waals surface area contributed by atoms with Crippen molar-refractivity contribution >= 4 is 0 Å². The Morgan fingerprint density at radius 3 is 2.80 bits per heavy atom. The number of fused-ring (bicyclic) bond motifs is 1. The van der Waals surface area contributed by atoms with Crippen LogP contribution in [0, 0.1) is 11.8 Å². The molecule has 0 aromatic heterocycles. The van der Waals surface area contributed by atoms with E-state index in [4.69, 9.17) is 0 Å². The molecule has 0 heterocycles. The van der Waals surface area contributed by atoms with Gasteiger partial charge in [0.1, 0.15) is 0 Å². The molecule has 0 bridgehead atoms. The summed E-state index contributed by atoms with van der Waals surface area (Å²) in [6.07, 6.45) is 5.81. The minimum atomic E-state index is 0.834. The van der Waals surface area contributed by atoms with Crippen molar-refractivity contribution in [3.63, 3.8) is 0 Å². The molecule has 0 aromatic rings. The number of hydrogen-bond donors (Lipinski definition) is 0. The largest absolute Gasteiger partial charge is 0.0681 e. The molecule has 0 aliphatic heterocycles. The van der Waals surface area contributed by atoms with Gasteiger partial charge in [-0.2, -0.15) is 0 Å².